The van der Waals surface area contributed by atoms with Crippen LogP contribution in [0.4, 0.5) is 0 Å². The van der Waals surface area contributed by atoms with Crippen molar-refractivity contribution < 1.29 is 4.42 Å². The van der Waals surface area contributed by atoms with Crippen molar-refractivity contribution >= 4 is 21.8 Å². The number of pyridine rings is 2. The molecule has 0 unspecified atom stereocenters. The van der Waals surface area contributed by atoms with Gasteiger partial charge in [0.15, 0.2) is 0 Å². The predicted octanol–water partition coefficient (Wildman–Crippen LogP) is 7.46. The lowest BCUT2D eigenvalue weighted by Gasteiger charge is -2.18. The second-order valence-electron chi connectivity index (χ2n) is 9.72. The summed E-state index contributed by atoms with van der Waals surface area (Å²) in [5.74, 6) is 1.02. The van der Waals surface area contributed by atoms with E-state index < -0.39 is 0 Å². The number of rotatable bonds is 3. The van der Waals surface area contributed by atoms with Gasteiger partial charge in [-0.25, -0.2) is 0 Å². The SMILES string of the molecule is CC(C)(C)c1ccc(-c2nnc(-c3ccc(-c4cc5cccnc5c5ncccc45)cc3)o2)cc1. The maximum atomic E-state index is 6.01. The molecule has 6 aromatic rings. The number of benzene rings is 3. The Hall–Kier alpha value is -4.38. The van der Waals surface area contributed by atoms with Gasteiger partial charge in [0.1, 0.15) is 0 Å². The summed E-state index contributed by atoms with van der Waals surface area (Å²) in [7, 11) is 0. The fraction of sp³-hybridized carbons (Fsp3) is 0.133. The van der Waals surface area contributed by atoms with Gasteiger partial charge < -0.3 is 4.42 Å². The molecule has 0 bridgehead atoms. The van der Waals surface area contributed by atoms with Crippen molar-refractivity contribution in [3.8, 4) is 34.0 Å². The van der Waals surface area contributed by atoms with E-state index in [9.17, 15) is 0 Å². The summed E-state index contributed by atoms with van der Waals surface area (Å²) in [5.41, 5.74) is 7.19. The molecule has 0 aliphatic heterocycles. The summed E-state index contributed by atoms with van der Waals surface area (Å²) in [4.78, 5) is 9.17. The van der Waals surface area contributed by atoms with Crippen LogP contribution in [-0.4, -0.2) is 20.2 Å². The smallest absolute Gasteiger partial charge is 0.248 e. The maximum absolute atomic E-state index is 6.01. The van der Waals surface area contributed by atoms with E-state index in [1.54, 1.807) is 0 Å². The molecule has 0 atom stereocenters. The van der Waals surface area contributed by atoms with Crippen LogP contribution in [-0.2, 0) is 5.41 Å². The third-order valence-electron chi connectivity index (χ3n) is 6.33. The van der Waals surface area contributed by atoms with Crippen molar-refractivity contribution in [2.45, 2.75) is 26.2 Å². The standard InChI is InChI=1S/C30H24N4O/c1-30(2,3)23-14-12-21(13-15-23)29-34-33-28(35-29)20-10-8-19(9-11-20)25-18-22-6-4-16-31-26(22)27-24(25)7-5-17-32-27/h4-18H,1-3H3. The molecule has 5 nitrogen and oxygen atoms in total. The van der Waals surface area contributed by atoms with E-state index in [0.717, 1.165) is 44.1 Å². The Balaban J connectivity index is 1.34. The molecule has 0 fully saturated rings. The van der Waals surface area contributed by atoms with Gasteiger partial charge in [0, 0.05) is 34.3 Å². The topological polar surface area (TPSA) is 64.7 Å². The highest BCUT2D eigenvalue weighted by atomic mass is 16.4. The van der Waals surface area contributed by atoms with E-state index in [1.807, 2.05) is 48.8 Å². The molecule has 0 N–H and O–H groups in total. The number of hydrogen-bond acceptors (Lipinski definition) is 5. The van der Waals surface area contributed by atoms with Crippen LogP contribution in [0.2, 0.25) is 0 Å². The average molecular weight is 457 g/mol. The van der Waals surface area contributed by atoms with Crippen LogP contribution in [0.25, 0.3) is 55.8 Å². The van der Waals surface area contributed by atoms with Crippen molar-refractivity contribution in [1.29, 1.82) is 0 Å². The van der Waals surface area contributed by atoms with Gasteiger partial charge in [0.2, 0.25) is 11.8 Å². The first kappa shape index (κ1) is 21.2. The Bertz CT molecular complexity index is 1660. The van der Waals surface area contributed by atoms with Crippen LogP contribution in [0.15, 0.2) is 95.7 Å². The van der Waals surface area contributed by atoms with Crippen molar-refractivity contribution in [3.05, 3.63) is 96.8 Å². The molecular weight excluding hydrogens is 432 g/mol. The summed E-state index contributed by atoms with van der Waals surface area (Å²) in [5, 5.41) is 10.7. The Kier molecular flexibility index (Phi) is 4.92. The van der Waals surface area contributed by atoms with Crippen molar-refractivity contribution in [2.24, 2.45) is 0 Å². The largest absolute Gasteiger partial charge is 0.416 e. The molecule has 0 amide bonds. The van der Waals surface area contributed by atoms with Crippen LogP contribution in [0.3, 0.4) is 0 Å². The van der Waals surface area contributed by atoms with E-state index in [-0.39, 0.29) is 5.41 Å². The lowest BCUT2D eigenvalue weighted by Crippen LogP contribution is -2.10. The van der Waals surface area contributed by atoms with Crippen LogP contribution in [0, 0.1) is 0 Å². The fourth-order valence-electron chi connectivity index (χ4n) is 4.38. The first-order valence-corrected chi connectivity index (χ1v) is 11.6. The van der Waals surface area contributed by atoms with E-state index in [1.165, 1.54) is 5.56 Å². The molecule has 3 heterocycles. The van der Waals surface area contributed by atoms with Gasteiger partial charge in [-0.3, -0.25) is 9.97 Å². The van der Waals surface area contributed by atoms with Crippen molar-refractivity contribution in [3.63, 3.8) is 0 Å². The van der Waals surface area contributed by atoms with E-state index >= 15 is 0 Å². The number of fused-ring (bicyclic) bond motifs is 3. The summed E-state index contributed by atoms with van der Waals surface area (Å²) in [6.07, 6.45) is 3.62. The molecule has 3 aromatic carbocycles. The van der Waals surface area contributed by atoms with Gasteiger partial charge in [-0.2, -0.15) is 0 Å². The molecule has 0 spiro atoms. The Morgan fingerprint density at radius 3 is 1.86 bits per heavy atom. The molecule has 0 saturated carbocycles. The molecule has 5 heteroatoms. The first-order valence-electron chi connectivity index (χ1n) is 11.6. The molecular formula is C30H24N4O. The molecule has 0 aliphatic rings. The average Bonchev–Trinajstić information content (AvgIpc) is 3.38. The highest BCUT2D eigenvalue weighted by Gasteiger charge is 2.16. The molecule has 35 heavy (non-hydrogen) atoms. The van der Waals surface area contributed by atoms with Crippen LogP contribution < -0.4 is 0 Å². The van der Waals surface area contributed by atoms with Gasteiger partial charge in [0.05, 0.1) is 11.0 Å². The minimum absolute atomic E-state index is 0.100. The maximum Gasteiger partial charge on any atom is 0.248 e. The number of hydrogen-bond donors (Lipinski definition) is 0. The zero-order valence-electron chi connectivity index (χ0n) is 19.9. The Morgan fingerprint density at radius 1 is 0.629 bits per heavy atom. The van der Waals surface area contributed by atoms with Gasteiger partial charge >= 0.3 is 0 Å². The lowest BCUT2D eigenvalue weighted by molar-refractivity contribution is 0.582. The summed E-state index contributed by atoms with van der Waals surface area (Å²) in [6, 6.07) is 26.8. The molecule has 3 aromatic heterocycles. The minimum atomic E-state index is 0.100. The monoisotopic (exact) mass is 456 g/mol. The van der Waals surface area contributed by atoms with Crippen molar-refractivity contribution in [2.75, 3.05) is 0 Å². The highest BCUT2D eigenvalue weighted by Crippen LogP contribution is 2.34. The summed E-state index contributed by atoms with van der Waals surface area (Å²) in [6.45, 7) is 6.60. The molecule has 0 aliphatic carbocycles. The first-order chi connectivity index (χ1) is 17.0. The zero-order valence-corrected chi connectivity index (χ0v) is 19.9. The quantitative estimate of drug-likeness (QED) is 0.259. The van der Waals surface area contributed by atoms with Gasteiger partial charge in [-0.1, -0.05) is 57.2 Å². The highest BCUT2D eigenvalue weighted by molar-refractivity contribution is 6.10. The van der Waals surface area contributed by atoms with Gasteiger partial charge in [-0.05, 0) is 64.6 Å². The van der Waals surface area contributed by atoms with Crippen LogP contribution >= 0.6 is 0 Å². The summed E-state index contributed by atoms with van der Waals surface area (Å²) < 4.78 is 6.01. The Labute approximate surface area is 203 Å². The van der Waals surface area contributed by atoms with Crippen molar-refractivity contribution in [1.82, 2.24) is 20.2 Å². The predicted molar refractivity (Wildman–Crippen MR) is 140 cm³/mol. The number of aromatic nitrogens is 4. The van der Waals surface area contributed by atoms with Crippen LogP contribution in [0.1, 0.15) is 26.3 Å². The zero-order chi connectivity index (χ0) is 24.0. The normalized spacial score (nSPS) is 11.9. The lowest BCUT2D eigenvalue weighted by atomic mass is 9.87. The second kappa shape index (κ2) is 8.13. The molecule has 170 valence electrons. The van der Waals surface area contributed by atoms with E-state index in [0.29, 0.717) is 11.8 Å². The van der Waals surface area contributed by atoms with Crippen LogP contribution in [0.5, 0.6) is 0 Å². The molecule has 0 radical (unpaired) electrons. The summed E-state index contributed by atoms with van der Waals surface area (Å²) >= 11 is 0. The number of nitrogens with zero attached hydrogens (tertiary/aromatic N) is 4. The third-order valence-corrected chi connectivity index (χ3v) is 6.33. The van der Waals surface area contributed by atoms with E-state index in [2.05, 4.69) is 83.4 Å². The van der Waals surface area contributed by atoms with E-state index in [4.69, 9.17) is 4.42 Å². The fourth-order valence-corrected chi connectivity index (χ4v) is 4.38. The minimum Gasteiger partial charge on any atom is -0.416 e. The second-order valence-corrected chi connectivity index (χ2v) is 9.72. The molecule has 6 rings (SSSR count). The van der Waals surface area contributed by atoms with Gasteiger partial charge in [0.25, 0.3) is 0 Å². The van der Waals surface area contributed by atoms with Gasteiger partial charge in [-0.15, -0.1) is 10.2 Å². The third kappa shape index (κ3) is 3.85. The molecule has 0 saturated heterocycles. The Morgan fingerprint density at radius 2 is 1.20 bits per heavy atom.